The maximum absolute atomic E-state index is 9.96. The topological polar surface area (TPSA) is 42.4 Å². The van der Waals surface area contributed by atoms with Gasteiger partial charge in [0.1, 0.15) is 0 Å². The maximum Gasteiger partial charge on any atom is 0.0907 e. The molecule has 0 amide bonds. The molecule has 1 aliphatic carbocycles. The van der Waals surface area contributed by atoms with Crippen LogP contribution in [0.25, 0.3) is 0 Å². The molecule has 3 heteroatoms. The molecule has 2 heterocycles. The predicted octanol–water partition coefficient (Wildman–Crippen LogP) is 2.98. The first-order valence-electron chi connectivity index (χ1n) is 7.41. The van der Waals surface area contributed by atoms with Crippen LogP contribution in [0.3, 0.4) is 0 Å². The van der Waals surface area contributed by atoms with E-state index in [2.05, 4.69) is 37.9 Å². The Bertz CT molecular complexity index is 513. The molecule has 1 aromatic rings. The summed E-state index contributed by atoms with van der Waals surface area (Å²) in [6, 6.07) is 4.05. The minimum Gasteiger partial charge on any atom is -0.396 e. The monoisotopic (exact) mass is 273 g/mol. The quantitative estimate of drug-likeness (QED) is 0.842. The molecule has 1 saturated heterocycles. The molecule has 1 N–H and O–H groups in total. The Morgan fingerprint density at radius 1 is 1.45 bits per heavy atom. The summed E-state index contributed by atoms with van der Waals surface area (Å²) in [5.74, 6) is 1.09. The molecule has 108 valence electrons. The lowest BCUT2D eigenvalue weighted by Gasteiger charge is -2.55. The molecule has 0 aromatic carbocycles. The third kappa shape index (κ3) is 1.84. The minimum absolute atomic E-state index is 0.0575. The number of nitrogens with zero attached hydrogens (tertiary/aromatic N) is 1. The molecule has 0 saturated carbocycles. The van der Waals surface area contributed by atoms with Gasteiger partial charge in [0, 0.05) is 23.7 Å². The molecule has 3 rings (SSSR count). The van der Waals surface area contributed by atoms with Gasteiger partial charge < -0.3 is 9.84 Å². The number of fused-ring (bicyclic) bond motifs is 2. The van der Waals surface area contributed by atoms with Crippen LogP contribution < -0.4 is 0 Å². The number of hydrogen-bond acceptors (Lipinski definition) is 3. The van der Waals surface area contributed by atoms with E-state index in [4.69, 9.17) is 4.74 Å². The summed E-state index contributed by atoms with van der Waals surface area (Å²) < 4.78 is 6.20. The van der Waals surface area contributed by atoms with Crippen LogP contribution in [0.1, 0.15) is 32.4 Å². The van der Waals surface area contributed by atoms with E-state index in [1.807, 2.05) is 12.3 Å². The molecular formula is C17H23NO2. The molecule has 0 spiro atoms. The summed E-state index contributed by atoms with van der Waals surface area (Å²) >= 11 is 0. The van der Waals surface area contributed by atoms with E-state index in [1.165, 1.54) is 5.57 Å². The first-order valence-corrected chi connectivity index (χ1v) is 7.41. The van der Waals surface area contributed by atoms with Crippen LogP contribution in [0.15, 0.2) is 36.2 Å². The number of allylic oxidation sites excluding steroid dienone is 1. The maximum atomic E-state index is 9.96. The Balaban J connectivity index is 2.02. The molecule has 1 aromatic heterocycles. The second kappa shape index (κ2) is 4.97. The third-order valence-electron chi connectivity index (χ3n) is 5.56. The number of aliphatic hydroxyl groups excluding tert-OH is 1. The van der Waals surface area contributed by atoms with Gasteiger partial charge in [-0.25, -0.2) is 0 Å². The molecule has 0 radical (unpaired) electrons. The van der Waals surface area contributed by atoms with Crippen molar-refractivity contribution in [3.05, 3.63) is 41.7 Å². The Morgan fingerprint density at radius 3 is 2.90 bits per heavy atom. The molecule has 5 atom stereocenters. The standard InChI is InChI=1S/C17H23NO2/c1-11-7-12(2)17(9-19)10-20-16(15(11)13(17)3)14-5-4-6-18-8-14/h4-8,12-13,15-16,19H,9-10H2,1-3H3/t12-,13-,15-,16-,17+/m0/s1. The second-order valence-corrected chi connectivity index (χ2v) is 6.42. The number of hydrogen-bond donors (Lipinski definition) is 1. The molecule has 20 heavy (non-hydrogen) atoms. The number of rotatable bonds is 2. The van der Waals surface area contributed by atoms with Gasteiger partial charge >= 0.3 is 0 Å². The summed E-state index contributed by atoms with van der Waals surface area (Å²) in [5, 5.41) is 9.96. The molecule has 2 bridgehead atoms. The summed E-state index contributed by atoms with van der Waals surface area (Å²) in [7, 11) is 0. The fraction of sp³-hybridized carbons (Fsp3) is 0.588. The second-order valence-electron chi connectivity index (χ2n) is 6.42. The van der Waals surface area contributed by atoms with Crippen molar-refractivity contribution in [1.82, 2.24) is 4.98 Å². The van der Waals surface area contributed by atoms with Gasteiger partial charge in [-0.15, -0.1) is 0 Å². The van der Waals surface area contributed by atoms with Gasteiger partial charge in [0.05, 0.1) is 19.3 Å². The van der Waals surface area contributed by atoms with Crippen molar-refractivity contribution in [2.45, 2.75) is 26.9 Å². The largest absolute Gasteiger partial charge is 0.396 e. The van der Waals surface area contributed by atoms with Gasteiger partial charge in [0.15, 0.2) is 0 Å². The lowest BCUT2D eigenvalue weighted by Crippen LogP contribution is -2.53. The Kier molecular flexibility index (Phi) is 3.43. The zero-order valence-corrected chi connectivity index (χ0v) is 12.4. The van der Waals surface area contributed by atoms with Crippen LogP contribution in [0.2, 0.25) is 0 Å². The number of aromatic nitrogens is 1. The summed E-state index contributed by atoms with van der Waals surface area (Å²) in [6.07, 6.45) is 6.07. The van der Waals surface area contributed by atoms with E-state index < -0.39 is 0 Å². The van der Waals surface area contributed by atoms with Crippen LogP contribution in [0.5, 0.6) is 0 Å². The number of aliphatic hydroxyl groups is 1. The Hall–Kier alpha value is -1.19. The van der Waals surface area contributed by atoms with Gasteiger partial charge in [0.2, 0.25) is 0 Å². The number of pyridine rings is 1. The van der Waals surface area contributed by atoms with Crippen molar-refractivity contribution in [2.75, 3.05) is 13.2 Å². The zero-order valence-electron chi connectivity index (χ0n) is 12.4. The van der Waals surface area contributed by atoms with Crippen molar-refractivity contribution in [3.63, 3.8) is 0 Å². The van der Waals surface area contributed by atoms with E-state index in [-0.39, 0.29) is 18.1 Å². The highest BCUT2D eigenvalue weighted by molar-refractivity contribution is 5.26. The lowest BCUT2D eigenvalue weighted by molar-refractivity contribution is -0.165. The molecule has 2 aliphatic rings. The summed E-state index contributed by atoms with van der Waals surface area (Å²) in [6.45, 7) is 7.46. The van der Waals surface area contributed by atoms with Crippen LogP contribution in [-0.4, -0.2) is 23.3 Å². The smallest absolute Gasteiger partial charge is 0.0907 e. The minimum atomic E-state index is -0.136. The first-order chi connectivity index (χ1) is 9.60. The lowest BCUT2D eigenvalue weighted by atomic mass is 9.56. The molecule has 0 unspecified atom stereocenters. The normalized spacial score (nSPS) is 40.3. The van der Waals surface area contributed by atoms with Gasteiger partial charge in [-0.2, -0.15) is 0 Å². The summed E-state index contributed by atoms with van der Waals surface area (Å²) in [4.78, 5) is 4.22. The fourth-order valence-electron chi connectivity index (χ4n) is 4.13. The Morgan fingerprint density at radius 2 is 2.25 bits per heavy atom. The highest BCUT2D eigenvalue weighted by Crippen LogP contribution is 2.55. The molecule has 1 fully saturated rings. The first kappa shape index (κ1) is 13.8. The van der Waals surface area contributed by atoms with Crippen molar-refractivity contribution in [1.29, 1.82) is 0 Å². The van der Waals surface area contributed by atoms with Crippen molar-refractivity contribution >= 4 is 0 Å². The predicted molar refractivity (Wildman–Crippen MR) is 78.0 cm³/mol. The van der Waals surface area contributed by atoms with E-state index in [0.717, 1.165) is 5.56 Å². The van der Waals surface area contributed by atoms with Crippen LogP contribution in [0.4, 0.5) is 0 Å². The van der Waals surface area contributed by atoms with Gasteiger partial charge in [0.25, 0.3) is 0 Å². The van der Waals surface area contributed by atoms with E-state index in [1.54, 1.807) is 6.20 Å². The SMILES string of the molecule is CC1=C[C@H](C)[C@@]2(CO)CO[C@@H](c3cccnc3)[C@@H]1[C@@H]2C. The van der Waals surface area contributed by atoms with Crippen LogP contribution in [-0.2, 0) is 4.74 Å². The average molecular weight is 273 g/mol. The molecule has 1 aliphatic heterocycles. The van der Waals surface area contributed by atoms with Gasteiger partial charge in [-0.1, -0.05) is 31.6 Å². The van der Waals surface area contributed by atoms with Crippen molar-refractivity contribution in [3.8, 4) is 0 Å². The Labute approximate surface area is 120 Å². The fourth-order valence-corrected chi connectivity index (χ4v) is 4.13. The van der Waals surface area contributed by atoms with Crippen molar-refractivity contribution in [2.24, 2.45) is 23.2 Å². The van der Waals surface area contributed by atoms with Gasteiger partial charge in [-0.3, -0.25) is 4.98 Å². The zero-order chi connectivity index (χ0) is 14.3. The van der Waals surface area contributed by atoms with E-state index in [0.29, 0.717) is 24.4 Å². The molecule has 3 nitrogen and oxygen atoms in total. The average Bonchev–Trinajstić information content (AvgIpc) is 2.46. The van der Waals surface area contributed by atoms with E-state index in [9.17, 15) is 5.11 Å². The van der Waals surface area contributed by atoms with Crippen LogP contribution in [0, 0.1) is 23.2 Å². The van der Waals surface area contributed by atoms with E-state index >= 15 is 0 Å². The van der Waals surface area contributed by atoms with Crippen molar-refractivity contribution < 1.29 is 9.84 Å². The highest BCUT2D eigenvalue weighted by Gasteiger charge is 2.53. The summed E-state index contributed by atoms with van der Waals surface area (Å²) in [5.41, 5.74) is 2.38. The highest BCUT2D eigenvalue weighted by atomic mass is 16.5. The van der Waals surface area contributed by atoms with Crippen LogP contribution >= 0.6 is 0 Å². The van der Waals surface area contributed by atoms with Gasteiger partial charge in [-0.05, 0) is 30.4 Å². The third-order valence-corrected chi connectivity index (χ3v) is 5.56. The number of ether oxygens (including phenoxy) is 1. The molecular weight excluding hydrogens is 250 g/mol.